The number of likely N-dealkylation sites (tertiary alicyclic amines) is 1. The van der Waals surface area contributed by atoms with E-state index in [1.807, 2.05) is 20.9 Å². The van der Waals surface area contributed by atoms with Crippen LogP contribution in [0.1, 0.15) is 34.1 Å². The quantitative estimate of drug-likeness (QED) is 0.819. The van der Waals surface area contributed by atoms with Crippen molar-refractivity contribution < 1.29 is 4.79 Å². The van der Waals surface area contributed by atoms with E-state index in [4.69, 9.17) is 0 Å². The summed E-state index contributed by atoms with van der Waals surface area (Å²) in [6.45, 7) is 10.4. The molecule has 4 atom stereocenters. The molecular weight excluding hydrogens is 226 g/mol. The lowest BCUT2D eigenvalue weighted by Crippen LogP contribution is -2.55. The molecule has 1 saturated heterocycles. The number of likely N-dealkylation sites (N-methyl/N-ethyl adjacent to an activating group) is 1. The molecular formula is C14H29N3O. The number of carbonyl (C=O) groups excluding carboxylic acids is 1. The van der Waals surface area contributed by atoms with E-state index in [2.05, 4.69) is 31.1 Å². The lowest BCUT2D eigenvalue weighted by atomic mass is 9.89. The highest BCUT2D eigenvalue weighted by atomic mass is 16.2. The Kier molecular flexibility index (Phi) is 5.60. The number of carbonyl (C=O) groups is 1. The fourth-order valence-corrected chi connectivity index (χ4v) is 2.65. The van der Waals surface area contributed by atoms with Gasteiger partial charge in [-0.25, -0.2) is 0 Å². The molecule has 1 amide bonds. The molecule has 4 nitrogen and oxygen atoms in total. The van der Waals surface area contributed by atoms with E-state index in [0.717, 1.165) is 19.5 Å². The van der Waals surface area contributed by atoms with Gasteiger partial charge in [-0.3, -0.25) is 4.79 Å². The van der Waals surface area contributed by atoms with Gasteiger partial charge >= 0.3 is 0 Å². The van der Waals surface area contributed by atoms with Crippen LogP contribution in [0.5, 0.6) is 0 Å². The summed E-state index contributed by atoms with van der Waals surface area (Å²) in [7, 11) is 4.04. The molecule has 1 rings (SSSR count). The van der Waals surface area contributed by atoms with Crippen LogP contribution in [0.25, 0.3) is 0 Å². The van der Waals surface area contributed by atoms with Crippen LogP contribution in [-0.2, 0) is 4.79 Å². The van der Waals surface area contributed by atoms with E-state index in [-0.39, 0.29) is 11.9 Å². The zero-order valence-corrected chi connectivity index (χ0v) is 12.7. The lowest BCUT2D eigenvalue weighted by molar-refractivity contribution is -0.132. The molecule has 0 radical (unpaired) electrons. The van der Waals surface area contributed by atoms with Crippen LogP contribution in [0.2, 0.25) is 0 Å². The van der Waals surface area contributed by atoms with Crippen molar-refractivity contribution in [2.75, 3.05) is 27.2 Å². The topological polar surface area (TPSA) is 35.6 Å². The summed E-state index contributed by atoms with van der Waals surface area (Å²) < 4.78 is 0. The van der Waals surface area contributed by atoms with Crippen LogP contribution in [0.3, 0.4) is 0 Å². The second kappa shape index (κ2) is 6.53. The van der Waals surface area contributed by atoms with Crippen molar-refractivity contribution in [2.45, 2.75) is 52.2 Å². The molecule has 18 heavy (non-hydrogen) atoms. The number of amides is 1. The molecule has 0 aliphatic carbocycles. The van der Waals surface area contributed by atoms with Gasteiger partial charge in [0.15, 0.2) is 0 Å². The van der Waals surface area contributed by atoms with Crippen LogP contribution >= 0.6 is 0 Å². The summed E-state index contributed by atoms with van der Waals surface area (Å²) in [5.41, 5.74) is 0. The highest BCUT2D eigenvalue weighted by molar-refractivity contribution is 5.81. The van der Waals surface area contributed by atoms with E-state index in [1.165, 1.54) is 0 Å². The summed E-state index contributed by atoms with van der Waals surface area (Å²) in [6.07, 6.45) is 1.12. The first-order valence-corrected chi connectivity index (χ1v) is 7.08. The summed E-state index contributed by atoms with van der Waals surface area (Å²) >= 11 is 0. The van der Waals surface area contributed by atoms with E-state index in [1.54, 1.807) is 4.90 Å². The molecule has 0 spiro atoms. The summed E-state index contributed by atoms with van der Waals surface area (Å²) in [5, 5.41) is 3.52. The zero-order valence-electron chi connectivity index (χ0n) is 12.7. The van der Waals surface area contributed by atoms with Gasteiger partial charge in [-0.1, -0.05) is 6.92 Å². The fraction of sp³-hybridized carbons (Fsp3) is 0.929. The number of hydrogen-bond donors (Lipinski definition) is 1. The van der Waals surface area contributed by atoms with Gasteiger partial charge in [0.1, 0.15) is 0 Å². The van der Waals surface area contributed by atoms with Crippen molar-refractivity contribution in [1.82, 2.24) is 15.1 Å². The predicted molar refractivity (Wildman–Crippen MR) is 75.6 cm³/mol. The van der Waals surface area contributed by atoms with Gasteiger partial charge in [0.25, 0.3) is 0 Å². The van der Waals surface area contributed by atoms with Crippen molar-refractivity contribution in [3.8, 4) is 0 Å². The third-order valence-electron chi connectivity index (χ3n) is 4.30. The predicted octanol–water partition coefficient (Wildman–Crippen LogP) is 1.17. The average Bonchev–Trinajstić information content (AvgIpc) is 2.33. The fourth-order valence-electron chi connectivity index (χ4n) is 2.65. The Bertz CT molecular complexity index is 282. The molecule has 0 aromatic rings. The van der Waals surface area contributed by atoms with Crippen molar-refractivity contribution in [2.24, 2.45) is 5.92 Å². The zero-order chi connectivity index (χ0) is 13.9. The summed E-state index contributed by atoms with van der Waals surface area (Å²) in [5.74, 6) is 0.782. The van der Waals surface area contributed by atoms with Crippen LogP contribution in [0.4, 0.5) is 0 Å². The minimum Gasteiger partial charge on any atom is -0.345 e. The average molecular weight is 255 g/mol. The molecule has 1 heterocycles. The highest BCUT2D eigenvalue weighted by Crippen LogP contribution is 2.21. The van der Waals surface area contributed by atoms with Crippen LogP contribution in [0.15, 0.2) is 0 Å². The third-order valence-corrected chi connectivity index (χ3v) is 4.30. The Morgan fingerprint density at radius 3 is 2.67 bits per heavy atom. The largest absolute Gasteiger partial charge is 0.345 e. The van der Waals surface area contributed by atoms with E-state index < -0.39 is 0 Å². The molecule has 0 aromatic heterocycles. The van der Waals surface area contributed by atoms with Crippen LogP contribution < -0.4 is 5.32 Å². The van der Waals surface area contributed by atoms with Gasteiger partial charge in [-0.2, -0.15) is 0 Å². The van der Waals surface area contributed by atoms with Gasteiger partial charge < -0.3 is 15.1 Å². The summed E-state index contributed by atoms with van der Waals surface area (Å²) in [6, 6.07) is 0.948. The summed E-state index contributed by atoms with van der Waals surface area (Å²) in [4.78, 5) is 16.2. The molecule has 106 valence electrons. The Morgan fingerprint density at radius 2 is 2.11 bits per heavy atom. The van der Waals surface area contributed by atoms with Crippen molar-refractivity contribution in [3.63, 3.8) is 0 Å². The molecule has 0 bridgehead atoms. The maximum Gasteiger partial charge on any atom is 0.239 e. The minimum atomic E-state index is -0.0852. The van der Waals surface area contributed by atoms with Crippen molar-refractivity contribution in [3.05, 3.63) is 0 Å². The number of rotatable bonds is 4. The first-order chi connectivity index (χ1) is 8.36. The number of hydrogen-bond acceptors (Lipinski definition) is 3. The Labute approximate surface area is 112 Å². The van der Waals surface area contributed by atoms with Gasteiger partial charge in [-0.15, -0.1) is 0 Å². The van der Waals surface area contributed by atoms with Crippen molar-refractivity contribution >= 4 is 5.91 Å². The smallest absolute Gasteiger partial charge is 0.239 e. The third kappa shape index (κ3) is 3.69. The SMILES string of the molecule is CCN(C)C(=O)C(C)NC1CC(C)N(C)CC1C. The second-order valence-electron chi connectivity index (χ2n) is 5.85. The Balaban J connectivity index is 2.53. The van der Waals surface area contributed by atoms with E-state index >= 15 is 0 Å². The van der Waals surface area contributed by atoms with E-state index in [9.17, 15) is 4.79 Å². The number of nitrogens with zero attached hydrogens (tertiary/aromatic N) is 2. The van der Waals surface area contributed by atoms with E-state index in [0.29, 0.717) is 18.0 Å². The molecule has 4 heteroatoms. The minimum absolute atomic E-state index is 0.0852. The first kappa shape index (κ1) is 15.4. The lowest BCUT2D eigenvalue weighted by Gasteiger charge is -2.41. The van der Waals surface area contributed by atoms with Gasteiger partial charge in [0, 0.05) is 32.2 Å². The molecule has 1 aliphatic heterocycles. The standard InChI is InChI=1S/C14H29N3O/c1-7-16(5)14(18)12(4)15-13-8-11(3)17(6)9-10(13)2/h10-13,15H,7-9H2,1-6H3. The molecule has 1 N–H and O–H groups in total. The first-order valence-electron chi connectivity index (χ1n) is 7.08. The van der Waals surface area contributed by atoms with Gasteiger partial charge in [0.2, 0.25) is 5.91 Å². The second-order valence-corrected chi connectivity index (χ2v) is 5.85. The Hall–Kier alpha value is -0.610. The normalized spacial score (nSPS) is 31.1. The van der Waals surface area contributed by atoms with Crippen LogP contribution in [-0.4, -0.2) is 61.0 Å². The molecule has 1 fully saturated rings. The molecule has 0 aromatic carbocycles. The maximum absolute atomic E-state index is 12.1. The molecule has 0 saturated carbocycles. The number of piperidine rings is 1. The number of nitrogens with one attached hydrogen (secondary N) is 1. The van der Waals surface area contributed by atoms with Crippen molar-refractivity contribution in [1.29, 1.82) is 0 Å². The van der Waals surface area contributed by atoms with Crippen LogP contribution in [0, 0.1) is 5.92 Å². The van der Waals surface area contributed by atoms with Gasteiger partial charge in [0.05, 0.1) is 6.04 Å². The highest BCUT2D eigenvalue weighted by Gasteiger charge is 2.31. The molecule has 1 aliphatic rings. The monoisotopic (exact) mass is 255 g/mol. The molecule has 4 unspecified atom stereocenters. The Morgan fingerprint density at radius 1 is 1.50 bits per heavy atom. The van der Waals surface area contributed by atoms with Gasteiger partial charge in [-0.05, 0) is 40.2 Å². The maximum atomic E-state index is 12.1.